The molecule has 0 radical (unpaired) electrons. The fourth-order valence-electron chi connectivity index (χ4n) is 9.04. The lowest BCUT2D eigenvalue weighted by Gasteiger charge is -2.67. The first-order valence-electron chi connectivity index (χ1n) is 13.5. The Labute approximate surface area is 219 Å². The van der Waals surface area contributed by atoms with Crippen molar-refractivity contribution in [3.8, 4) is 0 Å². The molecular weight excluding hydrogens is 472 g/mol. The molecule has 202 valence electrons. The van der Waals surface area contributed by atoms with Gasteiger partial charge in [0.1, 0.15) is 17.5 Å². The molecule has 0 bridgehead atoms. The molecule has 2 heterocycles. The molecule has 4 aliphatic rings. The van der Waals surface area contributed by atoms with Crippen molar-refractivity contribution < 1.29 is 33.4 Å². The van der Waals surface area contributed by atoms with Gasteiger partial charge < -0.3 is 19.0 Å². The number of allylic oxidation sites excluding steroid dienone is 1. The van der Waals surface area contributed by atoms with Gasteiger partial charge in [0.05, 0.1) is 24.5 Å². The number of aliphatic hydroxyl groups is 1. The summed E-state index contributed by atoms with van der Waals surface area (Å²) in [5.74, 6) is -2.08. The second-order valence-corrected chi connectivity index (χ2v) is 13.3. The normalized spacial score (nSPS) is 44.5. The van der Waals surface area contributed by atoms with Crippen LogP contribution in [0.25, 0.3) is 0 Å². The smallest absolute Gasteiger partial charge is 0.330 e. The van der Waals surface area contributed by atoms with Crippen LogP contribution in [0.2, 0.25) is 0 Å². The van der Waals surface area contributed by atoms with E-state index >= 15 is 0 Å². The van der Waals surface area contributed by atoms with Crippen molar-refractivity contribution in [3.63, 3.8) is 0 Å². The van der Waals surface area contributed by atoms with Crippen molar-refractivity contribution in [1.82, 2.24) is 0 Å². The molecule has 0 spiro atoms. The van der Waals surface area contributed by atoms with Gasteiger partial charge in [0.2, 0.25) is 0 Å². The molecule has 0 saturated heterocycles. The Morgan fingerprint density at radius 3 is 2.41 bits per heavy atom. The van der Waals surface area contributed by atoms with E-state index in [2.05, 4.69) is 13.8 Å². The van der Waals surface area contributed by atoms with E-state index < -0.39 is 45.9 Å². The van der Waals surface area contributed by atoms with E-state index in [1.54, 1.807) is 12.5 Å². The van der Waals surface area contributed by atoms with E-state index in [0.717, 1.165) is 5.56 Å². The van der Waals surface area contributed by atoms with Crippen LogP contribution >= 0.6 is 0 Å². The Kier molecular flexibility index (Phi) is 5.87. The van der Waals surface area contributed by atoms with Crippen LogP contribution in [0, 0.1) is 39.9 Å². The van der Waals surface area contributed by atoms with Crippen LogP contribution in [-0.4, -0.2) is 40.6 Å². The average molecular weight is 513 g/mol. The van der Waals surface area contributed by atoms with E-state index in [1.807, 2.05) is 46.8 Å². The number of aliphatic hydroxyl groups excluding tert-OH is 1. The molecule has 0 aromatic carbocycles. The standard InChI is InChI=1S/C30H40O7/c1-16(2)26(34)36-23-14-21-28(5)10-8-24(33)37-27(3,4)20(28)13-22(32)30(21,7)25-19(31)12-18(29(23,25)6)17-9-11-35-15-17/h8-11,15-16,18,20-23,25,32H,12-14H2,1-7H3/t18-,20-,21+,22+,23-,25-,28-,29+,30-/m0/s1. The first kappa shape index (κ1) is 26.2. The van der Waals surface area contributed by atoms with Gasteiger partial charge in [-0.15, -0.1) is 0 Å². The first-order valence-corrected chi connectivity index (χ1v) is 13.5. The van der Waals surface area contributed by atoms with Crippen LogP contribution in [0.15, 0.2) is 35.2 Å². The number of hydrogen-bond acceptors (Lipinski definition) is 7. The SMILES string of the molecule is CC(C)C(=O)O[C@H]1C[C@@H]2[C@@]3(C)C=CC(=O)OC(C)(C)[C@@H]3C[C@@H](O)[C@@]2(C)[C@H]2C(=O)C[C@@H](c3ccoc3)[C@@]21C. The fraction of sp³-hybridized carbons (Fsp3) is 0.700. The van der Waals surface area contributed by atoms with Gasteiger partial charge in [-0.1, -0.05) is 40.7 Å². The van der Waals surface area contributed by atoms with Crippen LogP contribution in [0.5, 0.6) is 0 Å². The number of cyclic esters (lactones) is 1. The van der Waals surface area contributed by atoms with Gasteiger partial charge in [0.15, 0.2) is 0 Å². The molecule has 7 nitrogen and oxygen atoms in total. The highest BCUT2D eigenvalue weighted by molar-refractivity contribution is 5.88. The monoisotopic (exact) mass is 512 g/mol. The summed E-state index contributed by atoms with van der Waals surface area (Å²) in [5, 5.41) is 11.9. The molecule has 3 saturated carbocycles. The van der Waals surface area contributed by atoms with Crippen molar-refractivity contribution in [3.05, 3.63) is 36.3 Å². The van der Waals surface area contributed by atoms with Gasteiger partial charge >= 0.3 is 11.9 Å². The lowest BCUT2D eigenvalue weighted by molar-refractivity contribution is -0.245. The number of rotatable bonds is 3. The highest BCUT2D eigenvalue weighted by Gasteiger charge is 2.74. The summed E-state index contributed by atoms with van der Waals surface area (Å²) < 4.78 is 17.5. The van der Waals surface area contributed by atoms with E-state index in [9.17, 15) is 19.5 Å². The summed E-state index contributed by atoms with van der Waals surface area (Å²) in [6.07, 6.45) is 6.55. The third-order valence-corrected chi connectivity index (χ3v) is 10.8. The number of fused-ring (bicyclic) bond motifs is 5. The maximum Gasteiger partial charge on any atom is 0.330 e. The topological polar surface area (TPSA) is 103 Å². The van der Waals surface area contributed by atoms with Crippen LogP contribution in [0.3, 0.4) is 0 Å². The van der Waals surface area contributed by atoms with E-state index in [-0.39, 0.29) is 35.4 Å². The lowest BCUT2D eigenvalue weighted by Crippen LogP contribution is -2.69. The zero-order valence-corrected chi connectivity index (χ0v) is 22.9. The fourth-order valence-corrected chi connectivity index (χ4v) is 9.04. The van der Waals surface area contributed by atoms with Gasteiger partial charge in [-0.2, -0.15) is 0 Å². The maximum absolute atomic E-state index is 14.0. The van der Waals surface area contributed by atoms with Crippen molar-refractivity contribution in [2.45, 2.75) is 91.5 Å². The summed E-state index contributed by atoms with van der Waals surface area (Å²) in [4.78, 5) is 39.6. The Balaban J connectivity index is 1.70. The minimum Gasteiger partial charge on any atom is -0.472 e. The summed E-state index contributed by atoms with van der Waals surface area (Å²) in [6, 6.07) is 1.88. The average Bonchev–Trinajstić information content (AvgIpc) is 3.40. The van der Waals surface area contributed by atoms with Crippen LogP contribution in [-0.2, 0) is 23.9 Å². The number of esters is 2. The summed E-state index contributed by atoms with van der Waals surface area (Å²) >= 11 is 0. The zero-order chi connectivity index (χ0) is 27.1. The Bertz CT molecular complexity index is 1130. The van der Waals surface area contributed by atoms with Crippen molar-refractivity contribution in [2.75, 3.05) is 0 Å². The van der Waals surface area contributed by atoms with Gasteiger partial charge in [-0.3, -0.25) is 9.59 Å². The predicted octanol–water partition coefficient (Wildman–Crippen LogP) is 4.83. The summed E-state index contributed by atoms with van der Waals surface area (Å²) in [5.41, 5.74) is -1.99. The van der Waals surface area contributed by atoms with Crippen LogP contribution in [0.4, 0.5) is 0 Å². The van der Waals surface area contributed by atoms with Gasteiger partial charge in [0, 0.05) is 41.1 Å². The van der Waals surface area contributed by atoms with E-state index in [0.29, 0.717) is 19.3 Å². The Morgan fingerprint density at radius 1 is 1.08 bits per heavy atom. The quantitative estimate of drug-likeness (QED) is 0.579. The number of hydrogen-bond donors (Lipinski definition) is 1. The molecule has 1 aromatic rings. The minimum atomic E-state index is -0.818. The molecule has 7 heteroatoms. The van der Waals surface area contributed by atoms with Crippen LogP contribution < -0.4 is 0 Å². The highest BCUT2D eigenvalue weighted by atomic mass is 16.6. The second kappa shape index (κ2) is 8.29. The third kappa shape index (κ3) is 3.52. The number of carbonyl (C=O) groups is 3. The third-order valence-electron chi connectivity index (χ3n) is 10.8. The molecule has 9 atom stereocenters. The number of ether oxygens (including phenoxy) is 2. The minimum absolute atomic E-state index is 0.0804. The zero-order valence-electron chi connectivity index (χ0n) is 22.9. The number of ketones is 1. The molecule has 37 heavy (non-hydrogen) atoms. The number of carbonyl (C=O) groups excluding carboxylic acids is 3. The van der Waals surface area contributed by atoms with Crippen molar-refractivity contribution >= 4 is 17.7 Å². The Morgan fingerprint density at radius 2 is 1.78 bits per heavy atom. The molecule has 3 fully saturated rings. The molecule has 1 aliphatic heterocycles. The molecule has 3 aliphatic carbocycles. The molecule has 0 unspecified atom stereocenters. The van der Waals surface area contributed by atoms with E-state index in [1.165, 1.54) is 6.08 Å². The van der Waals surface area contributed by atoms with Gasteiger partial charge in [-0.25, -0.2) is 4.79 Å². The first-order chi connectivity index (χ1) is 17.2. The number of Topliss-reactive ketones (excluding diaryl/α,β-unsaturated/α-hetero) is 1. The molecule has 5 rings (SSSR count). The lowest BCUT2D eigenvalue weighted by atomic mass is 9.38. The predicted molar refractivity (Wildman–Crippen MR) is 135 cm³/mol. The van der Waals surface area contributed by atoms with Crippen molar-refractivity contribution in [1.29, 1.82) is 0 Å². The van der Waals surface area contributed by atoms with Gasteiger partial charge in [0.25, 0.3) is 0 Å². The second-order valence-electron chi connectivity index (χ2n) is 13.3. The Hall–Kier alpha value is -2.41. The maximum atomic E-state index is 14.0. The number of furan rings is 1. The summed E-state index contributed by atoms with van der Waals surface area (Å²) in [7, 11) is 0. The molecular formula is C30H40O7. The van der Waals surface area contributed by atoms with Crippen molar-refractivity contribution in [2.24, 2.45) is 39.9 Å². The molecule has 1 N–H and O–H groups in total. The van der Waals surface area contributed by atoms with Gasteiger partial charge in [-0.05, 0) is 49.7 Å². The largest absolute Gasteiger partial charge is 0.472 e. The molecule has 1 aromatic heterocycles. The molecule has 0 amide bonds. The van der Waals surface area contributed by atoms with E-state index in [4.69, 9.17) is 13.9 Å². The highest BCUT2D eigenvalue weighted by Crippen LogP contribution is 2.72. The van der Waals surface area contributed by atoms with Crippen LogP contribution in [0.1, 0.15) is 79.2 Å². The summed E-state index contributed by atoms with van der Waals surface area (Å²) in [6.45, 7) is 13.6.